The minimum atomic E-state index is -0.408. The Morgan fingerprint density at radius 1 is 1.03 bits per heavy atom. The molecule has 5 rings (SSSR count). The third kappa shape index (κ3) is 3.84. The summed E-state index contributed by atoms with van der Waals surface area (Å²) in [4.78, 5) is 25.5. The second-order valence-electron chi connectivity index (χ2n) is 7.20. The number of rotatable bonds is 3. The van der Waals surface area contributed by atoms with E-state index in [4.69, 9.17) is 11.6 Å². The number of benzene rings is 2. The Hall–Kier alpha value is -3.10. The summed E-state index contributed by atoms with van der Waals surface area (Å²) >= 11 is 7.37. The Morgan fingerprint density at radius 2 is 1.81 bits per heavy atom. The summed E-state index contributed by atoms with van der Waals surface area (Å²) in [6.45, 7) is 2.32. The summed E-state index contributed by atoms with van der Waals surface area (Å²) in [6, 6.07) is 13.3. The molecule has 1 saturated heterocycles. The van der Waals surface area contributed by atoms with Gasteiger partial charge < -0.3 is 9.80 Å². The molecule has 156 valence electrons. The van der Waals surface area contributed by atoms with Crippen LogP contribution in [0, 0.1) is 5.82 Å². The molecular weight excluding hydrogens is 437 g/mol. The van der Waals surface area contributed by atoms with Gasteiger partial charge in [0.1, 0.15) is 28.1 Å². The van der Waals surface area contributed by atoms with Crippen molar-refractivity contribution in [2.75, 3.05) is 31.1 Å². The molecule has 3 heterocycles. The minimum absolute atomic E-state index is 0.158. The lowest BCUT2D eigenvalue weighted by molar-refractivity contribution is 0.0746. The van der Waals surface area contributed by atoms with Gasteiger partial charge in [0.25, 0.3) is 5.91 Å². The first-order chi connectivity index (χ1) is 15.1. The molecule has 0 radical (unpaired) electrons. The molecule has 0 N–H and O–H groups in total. The van der Waals surface area contributed by atoms with Gasteiger partial charge in [-0.3, -0.25) is 4.79 Å². The number of hydrogen-bond donors (Lipinski definition) is 0. The van der Waals surface area contributed by atoms with E-state index >= 15 is 0 Å². The molecule has 0 spiro atoms. The quantitative estimate of drug-likeness (QED) is 0.456. The highest BCUT2D eigenvalue weighted by Gasteiger charge is 2.25. The fraction of sp³-hybridized carbons (Fsp3) is 0.182. The molecule has 0 bridgehead atoms. The van der Waals surface area contributed by atoms with Crippen molar-refractivity contribution < 1.29 is 9.18 Å². The normalized spacial score (nSPS) is 14.3. The molecule has 1 amide bonds. The summed E-state index contributed by atoms with van der Waals surface area (Å²) in [6.07, 6.45) is 1.55. The van der Waals surface area contributed by atoms with E-state index in [0.29, 0.717) is 36.8 Å². The Balaban J connectivity index is 1.36. The fourth-order valence-corrected chi connectivity index (χ4v) is 4.70. The largest absolute Gasteiger partial charge is 0.352 e. The lowest BCUT2D eigenvalue weighted by Gasteiger charge is -2.35. The van der Waals surface area contributed by atoms with E-state index in [-0.39, 0.29) is 5.91 Å². The van der Waals surface area contributed by atoms with Gasteiger partial charge in [0, 0.05) is 42.3 Å². The number of carbonyl (C=O) groups is 1. The molecule has 0 unspecified atom stereocenters. The van der Waals surface area contributed by atoms with E-state index in [0.717, 1.165) is 27.3 Å². The van der Waals surface area contributed by atoms with Gasteiger partial charge >= 0.3 is 0 Å². The van der Waals surface area contributed by atoms with Crippen molar-refractivity contribution in [3.8, 4) is 11.3 Å². The smallest absolute Gasteiger partial charge is 0.254 e. The molecule has 6 nitrogen and oxygen atoms in total. The summed E-state index contributed by atoms with van der Waals surface area (Å²) in [5, 5.41) is 0.671. The summed E-state index contributed by atoms with van der Waals surface area (Å²) in [7, 11) is 0. The first-order valence-electron chi connectivity index (χ1n) is 9.76. The molecule has 9 heteroatoms. The van der Waals surface area contributed by atoms with Gasteiger partial charge in [-0.1, -0.05) is 29.8 Å². The molecule has 4 aromatic rings. The second kappa shape index (κ2) is 8.20. The van der Waals surface area contributed by atoms with Crippen molar-refractivity contribution >= 4 is 45.1 Å². The van der Waals surface area contributed by atoms with Crippen LogP contribution in [-0.2, 0) is 0 Å². The first-order valence-corrected chi connectivity index (χ1v) is 10.9. The monoisotopic (exact) mass is 453 g/mol. The zero-order valence-corrected chi connectivity index (χ0v) is 17.9. The molecule has 2 aromatic carbocycles. The van der Waals surface area contributed by atoms with Crippen LogP contribution in [0.15, 0.2) is 54.9 Å². The molecular formula is C22H17ClFN5OS. The van der Waals surface area contributed by atoms with E-state index in [1.54, 1.807) is 23.4 Å². The Labute approximate surface area is 187 Å². The van der Waals surface area contributed by atoms with Crippen LogP contribution in [0.3, 0.4) is 0 Å². The second-order valence-corrected chi connectivity index (χ2v) is 8.41. The number of nitrogens with zero attached hydrogens (tertiary/aromatic N) is 5. The van der Waals surface area contributed by atoms with Gasteiger partial charge in [-0.05, 0) is 41.9 Å². The molecule has 1 aliphatic rings. The third-order valence-corrected chi connectivity index (χ3v) is 6.38. The van der Waals surface area contributed by atoms with Crippen molar-refractivity contribution in [1.82, 2.24) is 19.2 Å². The van der Waals surface area contributed by atoms with Gasteiger partial charge in [0.2, 0.25) is 0 Å². The first kappa shape index (κ1) is 19.8. The fourth-order valence-electron chi connectivity index (χ4n) is 3.70. The van der Waals surface area contributed by atoms with Gasteiger partial charge in [-0.2, -0.15) is 4.37 Å². The highest BCUT2D eigenvalue weighted by Crippen LogP contribution is 2.34. The molecule has 0 atom stereocenters. The van der Waals surface area contributed by atoms with Crippen LogP contribution in [0.4, 0.5) is 10.2 Å². The number of halogens is 2. The number of carbonyl (C=O) groups excluding carboxylic acids is 1. The topological polar surface area (TPSA) is 62.2 Å². The highest BCUT2D eigenvalue weighted by molar-refractivity contribution is 7.14. The zero-order valence-electron chi connectivity index (χ0n) is 16.3. The van der Waals surface area contributed by atoms with E-state index in [2.05, 4.69) is 19.2 Å². The van der Waals surface area contributed by atoms with Crippen molar-refractivity contribution in [2.24, 2.45) is 0 Å². The maximum absolute atomic E-state index is 13.5. The van der Waals surface area contributed by atoms with Crippen molar-refractivity contribution in [3.05, 3.63) is 71.3 Å². The average Bonchev–Trinajstić information content (AvgIpc) is 3.23. The molecule has 0 saturated carbocycles. The number of anilines is 1. The summed E-state index contributed by atoms with van der Waals surface area (Å²) in [5.41, 5.74) is 2.93. The van der Waals surface area contributed by atoms with E-state index in [1.165, 1.54) is 23.7 Å². The van der Waals surface area contributed by atoms with Crippen LogP contribution in [-0.4, -0.2) is 51.3 Å². The number of piperazine rings is 1. The lowest BCUT2D eigenvalue weighted by Crippen LogP contribution is -2.49. The maximum Gasteiger partial charge on any atom is 0.254 e. The van der Waals surface area contributed by atoms with Crippen LogP contribution >= 0.6 is 23.1 Å². The predicted molar refractivity (Wildman–Crippen MR) is 120 cm³/mol. The molecule has 1 aliphatic heterocycles. The predicted octanol–water partition coefficient (Wildman–Crippen LogP) is 4.51. The molecule has 0 aliphatic carbocycles. The zero-order chi connectivity index (χ0) is 21.4. The molecule has 31 heavy (non-hydrogen) atoms. The van der Waals surface area contributed by atoms with Crippen LogP contribution in [0.1, 0.15) is 10.4 Å². The Kier molecular flexibility index (Phi) is 5.25. The number of fused-ring (bicyclic) bond motifs is 1. The SMILES string of the molecule is O=C(c1cccc(F)c1)N1CCN(c2ncnc3c(-c4ccc(Cl)cc4)nsc23)CC1. The number of hydrogen-bond acceptors (Lipinski definition) is 6. The van der Waals surface area contributed by atoms with Crippen LogP contribution < -0.4 is 4.90 Å². The third-order valence-electron chi connectivity index (χ3n) is 5.29. The van der Waals surface area contributed by atoms with Crippen LogP contribution in [0.5, 0.6) is 0 Å². The van der Waals surface area contributed by atoms with Gasteiger partial charge in [0.05, 0.1) is 0 Å². The van der Waals surface area contributed by atoms with Crippen LogP contribution in [0.2, 0.25) is 5.02 Å². The van der Waals surface area contributed by atoms with Gasteiger partial charge in [-0.15, -0.1) is 0 Å². The van der Waals surface area contributed by atoms with Crippen molar-refractivity contribution in [2.45, 2.75) is 0 Å². The summed E-state index contributed by atoms with van der Waals surface area (Å²) in [5.74, 6) is 0.255. The Morgan fingerprint density at radius 3 is 2.55 bits per heavy atom. The van der Waals surface area contributed by atoms with E-state index in [1.807, 2.05) is 24.3 Å². The lowest BCUT2D eigenvalue weighted by atomic mass is 10.1. The van der Waals surface area contributed by atoms with Gasteiger partial charge in [0.15, 0.2) is 5.82 Å². The van der Waals surface area contributed by atoms with Gasteiger partial charge in [-0.25, -0.2) is 14.4 Å². The highest BCUT2D eigenvalue weighted by atomic mass is 35.5. The number of amides is 1. The van der Waals surface area contributed by atoms with Crippen LogP contribution in [0.25, 0.3) is 21.5 Å². The summed E-state index contributed by atoms with van der Waals surface area (Å²) < 4.78 is 19.0. The minimum Gasteiger partial charge on any atom is -0.352 e. The maximum atomic E-state index is 13.5. The van der Waals surface area contributed by atoms with E-state index < -0.39 is 5.82 Å². The Bertz CT molecular complexity index is 1250. The standard InChI is InChI=1S/C22H17ClFN5OS/c23-16-6-4-14(5-7-16)18-19-20(31-27-18)21(26-13-25-19)28-8-10-29(11-9-28)22(30)15-2-1-3-17(24)12-15/h1-7,12-13H,8-11H2. The molecule has 1 fully saturated rings. The molecule has 2 aromatic heterocycles. The average molecular weight is 454 g/mol. The number of aromatic nitrogens is 3. The van der Waals surface area contributed by atoms with Crippen molar-refractivity contribution in [1.29, 1.82) is 0 Å². The van der Waals surface area contributed by atoms with E-state index in [9.17, 15) is 9.18 Å². The van der Waals surface area contributed by atoms with Crippen molar-refractivity contribution in [3.63, 3.8) is 0 Å².